The van der Waals surface area contributed by atoms with Crippen LogP contribution in [0.4, 0.5) is 18.9 Å². The van der Waals surface area contributed by atoms with Gasteiger partial charge < -0.3 is 9.27 Å². The number of hydrogen-bond donors (Lipinski definition) is 1. The summed E-state index contributed by atoms with van der Waals surface area (Å²) in [6.07, 6.45) is -4.36. The molecule has 7 heteroatoms. The minimum atomic E-state index is -4.36. The van der Waals surface area contributed by atoms with Crippen molar-refractivity contribution in [2.45, 2.75) is 13.1 Å². The molecule has 2 aromatic rings. The van der Waals surface area contributed by atoms with Gasteiger partial charge in [0, 0.05) is 17.0 Å². The molecule has 1 N–H and O–H groups in total. The van der Waals surface area contributed by atoms with E-state index in [2.05, 4.69) is 4.72 Å². The maximum Gasteiger partial charge on any atom is 0.416 e. The van der Waals surface area contributed by atoms with Crippen molar-refractivity contribution < 1.29 is 21.9 Å². The third-order valence-electron chi connectivity index (χ3n) is 2.97. The van der Waals surface area contributed by atoms with E-state index in [0.717, 1.165) is 12.1 Å². The van der Waals surface area contributed by atoms with Gasteiger partial charge >= 0.3 is 6.18 Å². The number of nitrogens with one attached hydrogen (secondary N) is 1. The minimum Gasteiger partial charge on any atom is -0.755 e. The number of anilines is 1. The minimum absolute atomic E-state index is 0.430. The summed E-state index contributed by atoms with van der Waals surface area (Å²) >= 11 is -2.42. The Hall–Kier alpha value is -1.86. The monoisotopic (exact) mass is 314 g/mol. The predicted octanol–water partition coefficient (Wildman–Crippen LogP) is 3.89. The second kappa shape index (κ2) is 5.87. The van der Waals surface area contributed by atoms with E-state index in [-0.39, 0.29) is 0 Å². The highest BCUT2D eigenvalue weighted by atomic mass is 32.2. The molecule has 0 heterocycles. The van der Waals surface area contributed by atoms with Crippen LogP contribution in [0.1, 0.15) is 11.1 Å². The molecule has 0 bridgehead atoms. The van der Waals surface area contributed by atoms with E-state index < -0.39 is 23.0 Å². The van der Waals surface area contributed by atoms with E-state index in [9.17, 15) is 21.9 Å². The van der Waals surface area contributed by atoms with Gasteiger partial charge in [0.25, 0.3) is 0 Å². The molecule has 0 aliphatic rings. The summed E-state index contributed by atoms with van der Waals surface area (Å²) < 4.78 is 60.9. The lowest BCUT2D eigenvalue weighted by Gasteiger charge is -2.13. The van der Waals surface area contributed by atoms with Gasteiger partial charge in [-0.1, -0.05) is 18.2 Å². The van der Waals surface area contributed by atoms with Gasteiger partial charge in [0.05, 0.1) is 5.56 Å². The third-order valence-corrected chi connectivity index (χ3v) is 3.35. The lowest BCUT2D eigenvalue weighted by molar-refractivity contribution is -0.137. The molecule has 0 aliphatic heterocycles. The molecule has 0 spiro atoms. The van der Waals surface area contributed by atoms with Gasteiger partial charge in [-0.2, -0.15) is 13.2 Å². The summed E-state index contributed by atoms with van der Waals surface area (Å²) in [5.74, 6) is 0. The molecule has 0 fully saturated rings. The van der Waals surface area contributed by atoms with Crippen LogP contribution in [0.25, 0.3) is 11.1 Å². The smallest absolute Gasteiger partial charge is 0.416 e. The van der Waals surface area contributed by atoms with Gasteiger partial charge in [-0.3, -0.25) is 4.21 Å². The van der Waals surface area contributed by atoms with Crippen LogP contribution >= 0.6 is 0 Å². The fourth-order valence-corrected chi connectivity index (χ4v) is 2.31. The Kier molecular flexibility index (Phi) is 4.34. The van der Waals surface area contributed by atoms with Gasteiger partial charge in [0.1, 0.15) is 0 Å². The van der Waals surface area contributed by atoms with E-state index in [1.807, 2.05) is 0 Å². The summed E-state index contributed by atoms with van der Waals surface area (Å²) in [5, 5.41) is 0. The Balaban J connectivity index is 2.30. The highest BCUT2D eigenvalue weighted by Crippen LogP contribution is 2.31. The SMILES string of the molecule is Cc1cc(-c2ccc(C(F)(F)F)cc2)ccc1NS(=O)[O-]. The van der Waals surface area contributed by atoms with Crippen molar-refractivity contribution in [3.63, 3.8) is 0 Å². The quantitative estimate of drug-likeness (QED) is 0.874. The second-order valence-corrected chi connectivity index (χ2v) is 5.12. The molecule has 21 heavy (non-hydrogen) atoms. The largest absolute Gasteiger partial charge is 0.755 e. The molecular formula is C14H11F3NO2S-. The number of aryl methyl sites for hydroxylation is 1. The average molecular weight is 314 g/mol. The molecule has 0 radical (unpaired) electrons. The number of hydrogen-bond acceptors (Lipinski definition) is 2. The Labute approximate surface area is 122 Å². The molecule has 0 amide bonds. The van der Waals surface area contributed by atoms with Crippen molar-refractivity contribution in [2.24, 2.45) is 0 Å². The van der Waals surface area contributed by atoms with Gasteiger partial charge in [-0.15, -0.1) is 0 Å². The first-order valence-electron chi connectivity index (χ1n) is 5.91. The van der Waals surface area contributed by atoms with E-state index in [4.69, 9.17) is 0 Å². The zero-order valence-corrected chi connectivity index (χ0v) is 11.7. The zero-order chi connectivity index (χ0) is 15.6. The van der Waals surface area contributed by atoms with Crippen LogP contribution in [-0.2, 0) is 17.4 Å². The normalized spacial score (nSPS) is 13.0. The highest BCUT2D eigenvalue weighted by Gasteiger charge is 2.29. The summed E-state index contributed by atoms with van der Waals surface area (Å²) in [5.41, 5.74) is 1.74. The lowest BCUT2D eigenvalue weighted by atomic mass is 10.0. The maximum absolute atomic E-state index is 12.5. The van der Waals surface area contributed by atoms with Crippen LogP contribution in [0.2, 0.25) is 0 Å². The molecule has 0 aromatic heterocycles. The van der Waals surface area contributed by atoms with E-state index in [0.29, 0.717) is 22.4 Å². The zero-order valence-electron chi connectivity index (χ0n) is 10.9. The van der Waals surface area contributed by atoms with Crippen LogP contribution in [0, 0.1) is 6.92 Å². The van der Waals surface area contributed by atoms with Crippen LogP contribution in [0.3, 0.4) is 0 Å². The Morgan fingerprint density at radius 2 is 1.62 bits per heavy atom. The maximum atomic E-state index is 12.5. The van der Waals surface area contributed by atoms with Crippen molar-refractivity contribution in [1.82, 2.24) is 0 Å². The summed E-state index contributed by atoms with van der Waals surface area (Å²) in [7, 11) is 0. The fourth-order valence-electron chi connectivity index (χ4n) is 1.90. The molecule has 3 nitrogen and oxygen atoms in total. The molecule has 0 saturated heterocycles. The van der Waals surface area contributed by atoms with E-state index in [1.165, 1.54) is 12.1 Å². The van der Waals surface area contributed by atoms with Crippen LogP contribution in [-0.4, -0.2) is 8.76 Å². The van der Waals surface area contributed by atoms with Gasteiger partial charge in [0.2, 0.25) is 0 Å². The molecule has 112 valence electrons. The number of benzene rings is 2. The average Bonchev–Trinajstić information content (AvgIpc) is 2.40. The van der Waals surface area contributed by atoms with Gasteiger partial charge in [-0.25, -0.2) is 0 Å². The molecule has 2 aromatic carbocycles. The van der Waals surface area contributed by atoms with E-state index in [1.54, 1.807) is 25.1 Å². The van der Waals surface area contributed by atoms with Crippen molar-refractivity contribution in [1.29, 1.82) is 0 Å². The van der Waals surface area contributed by atoms with Crippen molar-refractivity contribution >= 4 is 17.0 Å². The van der Waals surface area contributed by atoms with Crippen LogP contribution in [0.5, 0.6) is 0 Å². The molecule has 1 unspecified atom stereocenters. The van der Waals surface area contributed by atoms with Crippen molar-refractivity contribution in [3.8, 4) is 11.1 Å². The third kappa shape index (κ3) is 3.83. The standard InChI is InChI=1S/C14H12F3NO2S/c1-9-8-11(4-7-13(9)18-21(19)20)10-2-5-12(6-3-10)14(15,16)17/h2-8,18H,1H3,(H,19,20)/p-1. The van der Waals surface area contributed by atoms with Gasteiger partial charge in [-0.05, 0) is 47.9 Å². The van der Waals surface area contributed by atoms with E-state index >= 15 is 0 Å². The summed E-state index contributed by atoms with van der Waals surface area (Å²) in [4.78, 5) is 0. The van der Waals surface area contributed by atoms with Gasteiger partial charge in [0.15, 0.2) is 0 Å². The van der Waals surface area contributed by atoms with Crippen LogP contribution < -0.4 is 4.72 Å². The second-order valence-electron chi connectivity index (χ2n) is 4.44. The summed E-state index contributed by atoms with van der Waals surface area (Å²) in [6, 6.07) is 9.72. The lowest BCUT2D eigenvalue weighted by Crippen LogP contribution is -2.04. The Morgan fingerprint density at radius 3 is 2.10 bits per heavy atom. The first kappa shape index (κ1) is 15.5. The molecular weight excluding hydrogens is 303 g/mol. The van der Waals surface area contributed by atoms with Crippen molar-refractivity contribution in [2.75, 3.05) is 4.72 Å². The molecule has 0 aliphatic carbocycles. The van der Waals surface area contributed by atoms with Crippen molar-refractivity contribution in [3.05, 3.63) is 53.6 Å². The molecule has 2 rings (SSSR count). The molecule has 0 saturated carbocycles. The number of halogens is 3. The first-order chi connectivity index (χ1) is 9.77. The first-order valence-corrected chi connectivity index (χ1v) is 6.99. The van der Waals surface area contributed by atoms with Crippen LogP contribution in [0.15, 0.2) is 42.5 Å². The fraction of sp³-hybridized carbons (Fsp3) is 0.143. The predicted molar refractivity (Wildman–Crippen MR) is 74.2 cm³/mol. The topological polar surface area (TPSA) is 52.2 Å². The summed E-state index contributed by atoms with van der Waals surface area (Å²) in [6.45, 7) is 1.71. The number of alkyl halides is 3. The Bertz CT molecular complexity index is 669. The number of rotatable bonds is 3. The highest BCUT2D eigenvalue weighted by molar-refractivity contribution is 7.80. The Morgan fingerprint density at radius 1 is 1.05 bits per heavy atom. The molecule has 1 atom stereocenters.